The molecule has 0 bridgehead atoms. The van der Waals surface area contributed by atoms with Crippen molar-refractivity contribution >= 4 is 40.0 Å². The van der Waals surface area contributed by atoms with Gasteiger partial charge < -0.3 is 4.90 Å². The number of nitrogens with zero attached hydrogens (tertiary/aromatic N) is 2. The van der Waals surface area contributed by atoms with Crippen molar-refractivity contribution in [3.05, 3.63) is 35.1 Å². The summed E-state index contributed by atoms with van der Waals surface area (Å²) in [5.74, 6) is 1.58. The van der Waals surface area contributed by atoms with Crippen LogP contribution in [-0.4, -0.2) is 29.9 Å². The van der Waals surface area contributed by atoms with Crippen molar-refractivity contribution in [3.63, 3.8) is 0 Å². The van der Waals surface area contributed by atoms with E-state index in [2.05, 4.69) is 47.5 Å². The fraction of sp³-hybridized carbons (Fsp3) is 0.471. The Balaban J connectivity index is 1.90. The molecule has 0 unspecified atom stereocenters. The number of fused-ring (bicyclic) bond motifs is 1. The minimum absolute atomic E-state index is 0.474. The molecule has 1 aromatic carbocycles. The number of hydrogen-bond donors (Lipinski definition) is 1. The molecule has 118 valence electrons. The standard InChI is InChI=1S/C17H22ClN3S/c1-4-22-20-12-9-21(10-12)16-6-5-13(11(2)3)14-7-17(18)19-8-15(14)16/h5-8,11-12,20H,4,9-10H2,1-3H3. The Morgan fingerprint density at radius 2 is 2.14 bits per heavy atom. The monoisotopic (exact) mass is 335 g/mol. The number of halogens is 1. The molecule has 0 radical (unpaired) electrons. The summed E-state index contributed by atoms with van der Waals surface area (Å²) in [6, 6.07) is 7.04. The summed E-state index contributed by atoms with van der Waals surface area (Å²) < 4.78 is 3.49. The highest BCUT2D eigenvalue weighted by molar-refractivity contribution is 7.97. The second-order valence-corrected chi connectivity index (χ2v) is 7.52. The molecule has 0 atom stereocenters. The van der Waals surface area contributed by atoms with Crippen LogP contribution in [0.4, 0.5) is 5.69 Å². The van der Waals surface area contributed by atoms with Crippen molar-refractivity contribution in [3.8, 4) is 0 Å². The molecule has 2 aromatic rings. The van der Waals surface area contributed by atoms with Gasteiger partial charge in [-0.05, 0) is 29.0 Å². The Bertz CT molecular complexity index is 668. The summed E-state index contributed by atoms with van der Waals surface area (Å²) >= 11 is 7.91. The van der Waals surface area contributed by atoms with Crippen LogP contribution in [-0.2, 0) is 0 Å². The molecular formula is C17H22ClN3S. The van der Waals surface area contributed by atoms with Gasteiger partial charge >= 0.3 is 0 Å². The predicted molar refractivity (Wildman–Crippen MR) is 98.1 cm³/mol. The molecule has 22 heavy (non-hydrogen) atoms. The average molecular weight is 336 g/mol. The molecular weight excluding hydrogens is 314 g/mol. The lowest BCUT2D eigenvalue weighted by atomic mass is 9.95. The first-order valence-corrected chi connectivity index (χ1v) is 9.17. The molecule has 1 aliphatic heterocycles. The first-order chi connectivity index (χ1) is 10.6. The van der Waals surface area contributed by atoms with Gasteiger partial charge in [-0.25, -0.2) is 4.98 Å². The maximum atomic E-state index is 6.12. The molecule has 5 heteroatoms. The molecule has 0 saturated carbocycles. The maximum absolute atomic E-state index is 6.12. The highest BCUT2D eigenvalue weighted by Gasteiger charge is 2.28. The van der Waals surface area contributed by atoms with Gasteiger partial charge in [0.2, 0.25) is 0 Å². The summed E-state index contributed by atoms with van der Waals surface area (Å²) in [5, 5.41) is 3.00. The molecule has 2 heterocycles. The number of benzene rings is 1. The van der Waals surface area contributed by atoms with Gasteiger partial charge in [-0.3, -0.25) is 4.72 Å². The Kier molecular flexibility index (Phi) is 4.81. The summed E-state index contributed by atoms with van der Waals surface area (Å²) in [7, 11) is 0. The van der Waals surface area contributed by atoms with Crippen LogP contribution in [0.25, 0.3) is 10.8 Å². The van der Waals surface area contributed by atoms with E-state index in [0.717, 1.165) is 18.8 Å². The third-order valence-electron chi connectivity index (χ3n) is 4.12. The van der Waals surface area contributed by atoms with Gasteiger partial charge in [0.05, 0.1) is 6.04 Å². The second kappa shape index (κ2) is 6.65. The number of aromatic nitrogens is 1. The van der Waals surface area contributed by atoms with Crippen molar-refractivity contribution in [2.45, 2.75) is 32.7 Å². The molecule has 0 amide bonds. The largest absolute Gasteiger partial charge is 0.368 e. The van der Waals surface area contributed by atoms with E-state index in [4.69, 9.17) is 11.6 Å². The smallest absolute Gasteiger partial charge is 0.129 e. The van der Waals surface area contributed by atoms with Crippen LogP contribution >= 0.6 is 23.5 Å². The molecule has 3 rings (SSSR count). The molecule has 1 saturated heterocycles. The van der Waals surface area contributed by atoms with Crippen molar-refractivity contribution in [2.75, 3.05) is 23.7 Å². The topological polar surface area (TPSA) is 28.2 Å². The van der Waals surface area contributed by atoms with E-state index in [1.807, 2.05) is 12.3 Å². The van der Waals surface area contributed by atoms with Crippen molar-refractivity contribution in [1.29, 1.82) is 0 Å². The van der Waals surface area contributed by atoms with E-state index in [-0.39, 0.29) is 0 Å². The summed E-state index contributed by atoms with van der Waals surface area (Å²) in [4.78, 5) is 6.71. The second-order valence-electron chi connectivity index (χ2n) is 6.03. The Labute approximate surface area is 141 Å². The first kappa shape index (κ1) is 15.9. The van der Waals surface area contributed by atoms with E-state index in [1.54, 1.807) is 11.9 Å². The van der Waals surface area contributed by atoms with Crippen LogP contribution in [0, 0.1) is 0 Å². The molecule has 0 spiro atoms. The predicted octanol–water partition coefficient (Wildman–Crippen LogP) is 4.46. The van der Waals surface area contributed by atoms with Gasteiger partial charge in [-0.1, -0.05) is 50.4 Å². The first-order valence-electron chi connectivity index (χ1n) is 7.80. The van der Waals surface area contributed by atoms with E-state index < -0.39 is 0 Å². The van der Waals surface area contributed by atoms with Crippen molar-refractivity contribution in [1.82, 2.24) is 9.71 Å². The Hall–Kier alpha value is -0.970. The Morgan fingerprint density at radius 3 is 2.82 bits per heavy atom. The van der Waals surface area contributed by atoms with Crippen molar-refractivity contribution in [2.24, 2.45) is 0 Å². The zero-order valence-corrected chi connectivity index (χ0v) is 14.8. The fourth-order valence-corrected chi connectivity index (χ4v) is 3.66. The van der Waals surface area contributed by atoms with E-state index in [9.17, 15) is 0 Å². The molecule has 0 aliphatic carbocycles. The molecule has 1 aliphatic rings. The van der Waals surface area contributed by atoms with Gasteiger partial charge in [-0.2, -0.15) is 0 Å². The highest BCUT2D eigenvalue weighted by Crippen LogP contribution is 2.35. The third-order valence-corrected chi connectivity index (χ3v) is 5.11. The van der Waals surface area contributed by atoms with Crippen LogP contribution in [0.2, 0.25) is 5.15 Å². The quantitative estimate of drug-likeness (QED) is 0.645. The molecule has 1 fully saturated rings. The average Bonchev–Trinajstić information content (AvgIpc) is 2.44. The molecule has 3 nitrogen and oxygen atoms in total. The van der Waals surface area contributed by atoms with Crippen LogP contribution < -0.4 is 9.62 Å². The minimum Gasteiger partial charge on any atom is -0.368 e. The van der Waals surface area contributed by atoms with Crippen LogP contribution in [0.1, 0.15) is 32.3 Å². The maximum Gasteiger partial charge on any atom is 0.129 e. The minimum atomic E-state index is 0.474. The number of pyridine rings is 1. The van der Waals surface area contributed by atoms with Gasteiger partial charge in [-0.15, -0.1) is 0 Å². The number of nitrogens with one attached hydrogen (secondary N) is 1. The highest BCUT2D eigenvalue weighted by atomic mass is 35.5. The Morgan fingerprint density at radius 1 is 1.36 bits per heavy atom. The SMILES string of the molecule is CCSNC1CN(c2ccc(C(C)C)c3cc(Cl)ncc23)C1. The van der Waals surface area contributed by atoms with Crippen LogP contribution in [0.5, 0.6) is 0 Å². The van der Waals surface area contributed by atoms with Gasteiger partial charge in [0, 0.05) is 36.1 Å². The van der Waals surface area contributed by atoms with Crippen molar-refractivity contribution < 1.29 is 0 Å². The normalized spacial score (nSPS) is 15.6. The van der Waals surface area contributed by atoms with Gasteiger partial charge in [0.25, 0.3) is 0 Å². The van der Waals surface area contributed by atoms with E-state index in [0.29, 0.717) is 17.1 Å². The third kappa shape index (κ3) is 3.05. The molecule has 1 N–H and O–H groups in total. The number of hydrogen-bond acceptors (Lipinski definition) is 4. The number of rotatable bonds is 5. The zero-order chi connectivity index (χ0) is 15.7. The molecule has 1 aromatic heterocycles. The summed E-state index contributed by atoms with van der Waals surface area (Å²) in [6.45, 7) is 8.70. The lowest BCUT2D eigenvalue weighted by Gasteiger charge is -2.41. The van der Waals surface area contributed by atoms with E-state index in [1.165, 1.54) is 22.0 Å². The van der Waals surface area contributed by atoms with Gasteiger partial charge in [0.15, 0.2) is 0 Å². The van der Waals surface area contributed by atoms with Crippen LogP contribution in [0.3, 0.4) is 0 Å². The summed E-state index contributed by atoms with van der Waals surface area (Å²) in [6.07, 6.45) is 1.92. The zero-order valence-electron chi connectivity index (χ0n) is 13.3. The van der Waals surface area contributed by atoms with Gasteiger partial charge in [0.1, 0.15) is 5.15 Å². The number of anilines is 1. The fourth-order valence-electron chi connectivity index (χ4n) is 2.95. The van der Waals surface area contributed by atoms with Crippen LogP contribution in [0.15, 0.2) is 24.4 Å². The summed E-state index contributed by atoms with van der Waals surface area (Å²) in [5.41, 5.74) is 2.60. The lowest BCUT2D eigenvalue weighted by Crippen LogP contribution is -2.56. The van der Waals surface area contributed by atoms with E-state index >= 15 is 0 Å². The lowest BCUT2D eigenvalue weighted by molar-refractivity contribution is 0.494.